The minimum absolute atomic E-state index is 0.670. The highest BCUT2D eigenvalue weighted by atomic mass is 15.3. The van der Waals surface area contributed by atoms with Gasteiger partial charge in [0.1, 0.15) is 5.69 Å². The van der Waals surface area contributed by atoms with Gasteiger partial charge in [-0.05, 0) is 6.07 Å². The van der Waals surface area contributed by atoms with E-state index in [9.17, 15) is 0 Å². The van der Waals surface area contributed by atoms with Crippen molar-refractivity contribution in [2.45, 2.75) is 6.54 Å². The van der Waals surface area contributed by atoms with Crippen LogP contribution < -0.4 is 0 Å². The Kier molecular flexibility index (Phi) is 1.40. The van der Waals surface area contributed by atoms with Crippen LogP contribution in [0.25, 0.3) is 0 Å². The lowest BCUT2D eigenvalue weighted by Crippen LogP contribution is -1.99. The fourth-order valence-corrected chi connectivity index (χ4v) is 0.861. The minimum atomic E-state index is 0.670. The van der Waals surface area contributed by atoms with E-state index in [1.165, 1.54) is 0 Å². The molecule has 0 atom stereocenters. The number of rotatable bonds is 2. The smallest absolute Gasteiger partial charge is 0.104 e. The van der Waals surface area contributed by atoms with Crippen LogP contribution in [0, 0.1) is 0 Å². The van der Waals surface area contributed by atoms with Crippen molar-refractivity contribution >= 4 is 0 Å². The SMILES string of the molecule is c1cnn(Cc2cn[nH]n2)c1. The van der Waals surface area contributed by atoms with Gasteiger partial charge in [-0.25, -0.2) is 0 Å². The van der Waals surface area contributed by atoms with Crippen molar-refractivity contribution in [1.29, 1.82) is 0 Å². The monoisotopic (exact) mass is 149 g/mol. The number of nitrogens with one attached hydrogen (secondary N) is 1. The minimum Gasteiger partial charge on any atom is -0.267 e. The molecule has 0 aromatic carbocycles. The van der Waals surface area contributed by atoms with Crippen molar-refractivity contribution in [2.75, 3.05) is 0 Å². The van der Waals surface area contributed by atoms with Crippen molar-refractivity contribution in [3.8, 4) is 0 Å². The quantitative estimate of drug-likeness (QED) is 0.656. The van der Waals surface area contributed by atoms with Crippen molar-refractivity contribution in [1.82, 2.24) is 25.2 Å². The van der Waals surface area contributed by atoms with Gasteiger partial charge in [-0.15, -0.1) is 0 Å². The molecule has 2 aromatic heterocycles. The molecule has 0 aliphatic heterocycles. The van der Waals surface area contributed by atoms with Gasteiger partial charge in [0.05, 0.1) is 12.7 Å². The average molecular weight is 149 g/mol. The molecule has 5 nitrogen and oxygen atoms in total. The molecule has 0 radical (unpaired) electrons. The van der Waals surface area contributed by atoms with Crippen LogP contribution in [0.5, 0.6) is 0 Å². The first kappa shape index (κ1) is 6.09. The van der Waals surface area contributed by atoms with Crippen molar-refractivity contribution < 1.29 is 0 Å². The third-order valence-electron chi connectivity index (χ3n) is 1.35. The Labute approximate surface area is 63.0 Å². The number of nitrogens with zero attached hydrogens (tertiary/aromatic N) is 4. The summed E-state index contributed by atoms with van der Waals surface area (Å²) in [6, 6.07) is 1.88. The van der Waals surface area contributed by atoms with Gasteiger partial charge in [-0.3, -0.25) is 4.68 Å². The number of hydrogen-bond acceptors (Lipinski definition) is 3. The van der Waals surface area contributed by atoms with Crippen molar-refractivity contribution in [3.63, 3.8) is 0 Å². The highest BCUT2D eigenvalue weighted by molar-refractivity contribution is 4.92. The van der Waals surface area contributed by atoms with Gasteiger partial charge in [0, 0.05) is 12.4 Å². The lowest BCUT2D eigenvalue weighted by molar-refractivity contribution is 0.670. The van der Waals surface area contributed by atoms with E-state index in [0.717, 1.165) is 5.69 Å². The highest BCUT2D eigenvalue weighted by Gasteiger charge is 1.95. The Bertz CT molecular complexity index is 263. The normalized spacial score (nSPS) is 10.2. The topological polar surface area (TPSA) is 59.4 Å². The first-order valence-electron chi connectivity index (χ1n) is 3.27. The zero-order valence-corrected chi connectivity index (χ0v) is 5.81. The molecule has 0 fully saturated rings. The van der Waals surface area contributed by atoms with E-state index in [2.05, 4.69) is 20.5 Å². The van der Waals surface area contributed by atoms with E-state index in [1.807, 2.05) is 12.3 Å². The molecule has 2 heterocycles. The Morgan fingerprint density at radius 2 is 2.55 bits per heavy atom. The summed E-state index contributed by atoms with van der Waals surface area (Å²) < 4.78 is 1.79. The van der Waals surface area contributed by atoms with Crippen molar-refractivity contribution in [3.05, 3.63) is 30.4 Å². The maximum Gasteiger partial charge on any atom is 0.104 e. The molecule has 0 spiro atoms. The zero-order chi connectivity index (χ0) is 7.52. The number of hydrogen-bond donors (Lipinski definition) is 1. The predicted molar refractivity (Wildman–Crippen MR) is 37.7 cm³/mol. The molecule has 0 saturated carbocycles. The summed E-state index contributed by atoms with van der Waals surface area (Å²) in [4.78, 5) is 0. The molecule has 0 aliphatic carbocycles. The molecule has 0 saturated heterocycles. The summed E-state index contributed by atoms with van der Waals surface area (Å²) in [5.41, 5.74) is 0.883. The van der Waals surface area contributed by atoms with Crippen LogP contribution in [-0.2, 0) is 6.54 Å². The van der Waals surface area contributed by atoms with Gasteiger partial charge in [0.25, 0.3) is 0 Å². The van der Waals surface area contributed by atoms with E-state index >= 15 is 0 Å². The Hall–Kier alpha value is -1.65. The van der Waals surface area contributed by atoms with Gasteiger partial charge in [0.2, 0.25) is 0 Å². The largest absolute Gasteiger partial charge is 0.267 e. The van der Waals surface area contributed by atoms with Gasteiger partial charge < -0.3 is 0 Å². The first-order valence-corrected chi connectivity index (χ1v) is 3.27. The van der Waals surface area contributed by atoms with E-state index in [4.69, 9.17) is 0 Å². The van der Waals surface area contributed by atoms with Crippen LogP contribution in [-0.4, -0.2) is 25.2 Å². The summed E-state index contributed by atoms with van der Waals surface area (Å²) >= 11 is 0. The molecule has 1 N–H and O–H groups in total. The van der Waals surface area contributed by atoms with E-state index in [1.54, 1.807) is 17.1 Å². The van der Waals surface area contributed by atoms with Crippen LogP contribution in [0.1, 0.15) is 5.69 Å². The maximum absolute atomic E-state index is 4.03. The highest BCUT2D eigenvalue weighted by Crippen LogP contribution is 1.92. The zero-order valence-electron chi connectivity index (χ0n) is 5.81. The summed E-state index contributed by atoms with van der Waals surface area (Å²) in [5.74, 6) is 0. The van der Waals surface area contributed by atoms with Gasteiger partial charge in [-0.1, -0.05) is 0 Å². The molecule has 0 aliphatic rings. The fourth-order valence-electron chi connectivity index (χ4n) is 0.861. The Balaban J connectivity index is 2.14. The second kappa shape index (κ2) is 2.53. The first-order chi connectivity index (χ1) is 5.45. The summed E-state index contributed by atoms with van der Waals surface area (Å²) in [6.07, 6.45) is 5.30. The number of aromatic amines is 1. The molecule has 11 heavy (non-hydrogen) atoms. The van der Waals surface area contributed by atoms with Gasteiger partial charge in [0.15, 0.2) is 0 Å². The van der Waals surface area contributed by atoms with E-state index < -0.39 is 0 Å². The predicted octanol–water partition coefficient (Wildman–Crippen LogP) is 0.0495. The molecule has 5 heteroatoms. The Morgan fingerprint density at radius 1 is 1.55 bits per heavy atom. The molecule has 56 valence electrons. The Morgan fingerprint density at radius 3 is 3.18 bits per heavy atom. The van der Waals surface area contributed by atoms with E-state index in [0.29, 0.717) is 6.54 Å². The van der Waals surface area contributed by atoms with Crippen LogP contribution in [0.15, 0.2) is 24.7 Å². The third kappa shape index (κ3) is 1.26. The fraction of sp³-hybridized carbons (Fsp3) is 0.167. The lowest BCUT2D eigenvalue weighted by atomic mass is 10.5. The van der Waals surface area contributed by atoms with Crippen LogP contribution in [0.4, 0.5) is 0 Å². The lowest BCUT2D eigenvalue weighted by Gasteiger charge is -1.93. The van der Waals surface area contributed by atoms with Gasteiger partial charge >= 0.3 is 0 Å². The molecule has 0 amide bonds. The molecule has 2 aromatic rings. The van der Waals surface area contributed by atoms with E-state index in [-0.39, 0.29) is 0 Å². The van der Waals surface area contributed by atoms with Crippen LogP contribution >= 0.6 is 0 Å². The number of H-pyrrole nitrogens is 1. The standard InChI is InChI=1S/C6H7N5/c1-2-8-11(3-1)5-6-4-7-10-9-6/h1-4H,5H2,(H,7,9,10). The van der Waals surface area contributed by atoms with Crippen molar-refractivity contribution in [2.24, 2.45) is 0 Å². The van der Waals surface area contributed by atoms with Gasteiger partial charge in [-0.2, -0.15) is 20.5 Å². The molecule has 0 unspecified atom stereocenters. The average Bonchev–Trinajstić information content (AvgIpc) is 2.60. The second-order valence-electron chi connectivity index (χ2n) is 2.16. The number of aromatic nitrogens is 5. The molecule has 2 rings (SSSR count). The maximum atomic E-state index is 4.03. The summed E-state index contributed by atoms with van der Waals surface area (Å²) in [6.45, 7) is 0.670. The third-order valence-corrected chi connectivity index (χ3v) is 1.35. The summed E-state index contributed by atoms with van der Waals surface area (Å²) in [5, 5.41) is 14.1. The second-order valence-corrected chi connectivity index (χ2v) is 2.16. The van der Waals surface area contributed by atoms with Crippen LogP contribution in [0.3, 0.4) is 0 Å². The molecule has 0 bridgehead atoms. The molecular formula is C6H7N5. The van der Waals surface area contributed by atoms with Crippen LogP contribution in [0.2, 0.25) is 0 Å². The molecular weight excluding hydrogens is 142 g/mol. The summed E-state index contributed by atoms with van der Waals surface area (Å²) in [7, 11) is 0.